The van der Waals surface area contributed by atoms with Crippen molar-refractivity contribution < 1.29 is 19.2 Å². The number of hydrogen-bond donors (Lipinski definition) is 2. The molecule has 3 heterocycles. The van der Waals surface area contributed by atoms with Crippen molar-refractivity contribution >= 4 is 29.6 Å². The molecule has 1 saturated heterocycles. The van der Waals surface area contributed by atoms with E-state index in [1.807, 2.05) is 0 Å². The third kappa shape index (κ3) is 2.20. The van der Waals surface area contributed by atoms with Crippen molar-refractivity contribution in [1.29, 1.82) is 0 Å². The Hall–Kier alpha value is -1.57. The van der Waals surface area contributed by atoms with Gasteiger partial charge in [0.05, 0.1) is 24.6 Å². The monoisotopic (exact) mass is 262 g/mol. The number of rotatable bonds is 2. The van der Waals surface area contributed by atoms with Crippen molar-refractivity contribution in [3.8, 4) is 0 Å². The van der Waals surface area contributed by atoms with Crippen molar-refractivity contribution in [3.05, 3.63) is 18.3 Å². The third-order valence-corrected chi connectivity index (χ3v) is 3.34. The van der Waals surface area contributed by atoms with Crippen molar-refractivity contribution in [2.24, 2.45) is 0 Å². The van der Waals surface area contributed by atoms with Gasteiger partial charge in [0, 0.05) is 12.7 Å². The summed E-state index contributed by atoms with van der Waals surface area (Å²) in [6, 6.07) is 3.57. The summed E-state index contributed by atoms with van der Waals surface area (Å²) >= 11 is 0. The fourth-order valence-corrected chi connectivity index (χ4v) is 2.37. The Bertz CT molecular complexity index is 586. The summed E-state index contributed by atoms with van der Waals surface area (Å²) < 4.78 is 10.8. The Morgan fingerprint density at radius 2 is 2.32 bits per heavy atom. The predicted molar refractivity (Wildman–Crippen MR) is 71.5 cm³/mol. The number of morpholine rings is 1. The van der Waals surface area contributed by atoms with Crippen LogP contribution in [0.1, 0.15) is 6.92 Å². The number of hydrogen-bond acceptors (Lipinski definition) is 6. The minimum absolute atomic E-state index is 0.130. The first-order chi connectivity index (χ1) is 9.16. The van der Waals surface area contributed by atoms with Crippen molar-refractivity contribution in [3.63, 3.8) is 0 Å². The molecule has 1 aliphatic rings. The Kier molecular flexibility index (Phi) is 3.18. The first-order valence-corrected chi connectivity index (χ1v) is 6.26. The fourth-order valence-electron chi connectivity index (χ4n) is 2.37. The minimum atomic E-state index is -1.61. The molecule has 0 amide bonds. The van der Waals surface area contributed by atoms with Crippen LogP contribution in [-0.2, 0) is 4.74 Å². The van der Waals surface area contributed by atoms with Crippen LogP contribution in [0.5, 0.6) is 0 Å². The van der Waals surface area contributed by atoms with E-state index < -0.39 is 7.12 Å². The molecule has 6 nitrogen and oxygen atoms in total. The normalized spacial score (nSPS) is 19.9. The molecule has 0 spiro atoms. The highest BCUT2D eigenvalue weighted by Crippen LogP contribution is 2.27. The molecule has 2 aromatic heterocycles. The molecule has 1 atom stereocenters. The molecule has 19 heavy (non-hydrogen) atoms. The zero-order chi connectivity index (χ0) is 13.4. The second kappa shape index (κ2) is 4.84. The Labute approximate surface area is 110 Å². The van der Waals surface area contributed by atoms with E-state index in [4.69, 9.17) is 9.15 Å². The van der Waals surface area contributed by atoms with Gasteiger partial charge in [0.1, 0.15) is 17.1 Å². The molecule has 3 rings (SSSR count). The van der Waals surface area contributed by atoms with Gasteiger partial charge in [-0.1, -0.05) is 0 Å². The van der Waals surface area contributed by atoms with Crippen LogP contribution in [0, 0.1) is 0 Å². The summed E-state index contributed by atoms with van der Waals surface area (Å²) in [6.07, 6.45) is 1.66. The fraction of sp³-hybridized carbons (Fsp3) is 0.417. The highest BCUT2D eigenvalue weighted by atomic mass is 16.5. The van der Waals surface area contributed by atoms with E-state index in [0.717, 1.165) is 17.7 Å². The van der Waals surface area contributed by atoms with Gasteiger partial charge in [0.2, 0.25) is 0 Å². The van der Waals surface area contributed by atoms with Gasteiger partial charge >= 0.3 is 7.12 Å². The van der Waals surface area contributed by atoms with Crippen LogP contribution in [0.3, 0.4) is 0 Å². The highest BCUT2D eigenvalue weighted by molar-refractivity contribution is 6.57. The number of anilines is 1. The first-order valence-electron chi connectivity index (χ1n) is 6.26. The molecule has 2 aromatic rings. The molecular weight excluding hydrogens is 247 g/mol. The van der Waals surface area contributed by atoms with Crippen LogP contribution >= 0.6 is 0 Å². The summed E-state index contributed by atoms with van der Waals surface area (Å²) in [5.74, 6) is 0.795. The second-order valence-electron chi connectivity index (χ2n) is 4.69. The standard InChI is InChI=1S/C12H15BN2O4/c1-8-7-18-5-4-15(8)12-9-6-11(13(16)17)19-10(9)2-3-14-12/h2-3,6,8,16-17H,4-5,7H2,1H3/t8-/m1/s1. The van der Waals surface area contributed by atoms with Gasteiger partial charge in [0.15, 0.2) is 0 Å². The molecule has 1 aliphatic heterocycles. The van der Waals surface area contributed by atoms with Crippen LogP contribution in [0.25, 0.3) is 11.0 Å². The maximum absolute atomic E-state index is 9.19. The lowest BCUT2D eigenvalue weighted by Gasteiger charge is -2.34. The Morgan fingerprint density at radius 1 is 1.47 bits per heavy atom. The van der Waals surface area contributed by atoms with E-state index in [-0.39, 0.29) is 11.7 Å². The maximum atomic E-state index is 9.19. The lowest BCUT2D eigenvalue weighted by atomic mass is 9.88. The summed E-state index contributed by atoms with van der Waals surface area (Å²) in [6.45, 7) is 4.15. The van der Waals surface area contributed by atoms with Gasteiger partial charge in [-0.25, -0.2) is 4.98 Å². The largest absolute Gasteiger partial charge is 0.526 e. The molecular formula is C12H15BN2O4. The van der Waals surface area contributed by atoms with Crippen LogP contribution in [-0.4, -0.2) is 48.0 Å². The summed E-state index contributed by atoms with van der Waals surface area (Å²) in [5, 5.41) is 19.2. The Morgan fingerprint density at radius 3 is 3.05 bits per heavy atom. The number of furan rings is 1. The number of nitrogens with zero attached hydrogens (tertiary/aromatic N) is 2. The quantitative estimate of drug-likeness (QED) is 0.725. The van der Waals surface area contributed by atoms with Gasteiger partial charge in [0.25, 0.3) is 0 Å². The number of pyridine rings is 1. The maximum Gasteiger partial charge on any atom is 0.526 e. The molecule has 0 aromatic carbocycles. The molecule has 0 aliphatic carbocycles. The first kappa shape index (κ1) is 12.5. The molecule has 0 bridgehead atoms. The van der Waals surface area contributed by atoms with Gasteiger partial charge in [-0.15, -0.1) is 0 Å². The molecule has 0 radical (unpaired) electrons. The molecule has 1 fully saturated rings. The van der Waals surface area contributed by atoms with E-state index in [0.29, 0.717) is 18.8 Å². The van der Waals surface area contributed by atoms with Crippen LogP contribution in [0.15, 0.2) is 22.7 Å². The lowest BCUT2D eigenvalue weighted by Crippen LogP contribution is -2.44. The zero-order valence-electron chi connectivity index (χ0n) is 10.6. The van der Waals surface area contributed by atoms with Crippen molar-refractivity contribution in [2.45, 2.75) is 13.0 Å². The predicted octanol–water partition coefficient (Wildman–Crippen LogP) is -0.267. The molecule has 7 heteroatoms. The smallest absolute Gasteiger partial charge is 0.464 e. The van der Waals surface area contributed by atoms with Crippen molar-refractivity contribution in [1.82, 2.24) is 4.98 Å². The summed E-state index contributed by atoms with van der Waals surface area (Å²) in [5.41, 5.74) is 0.733. The second-order valence-corrected chi connectivity index (χ2v) is 4.69. The topological polar surface area (TPSA) is 79.0 Å². The zero-order valence-corrected chi connectivity index (χ0v) is 10.6. The Balaban J connectivity index is 2.07. The molecule has 100 valence electrons. The highest BCUT2D eigenvalue weighted by Gasteiger charge is 2.25. The number of aromatic nitrogens is 1. The molecule has 2 N–H and O–H groups in total. The number of ether oxygens (including phenoxy) is 1. The molecule has 0 unspecified atom stereocenters. The number of fused-ring (bicyclic) bond motifs is 1. The SMILES string of the molecule is C[C@@H]1COCCN1c1nccc2oc(B(O)O)cc12. The molecule has 0 saturated carbocycles. The van der Waals surface area contributed by atoms with E-state index in [2.05, 4.69) is 16.8 Å². The summed E-state index contributed by atoms with van der Waals surface area (Å²) in [7, 11) is -1.61. The van der Waals surface area contributed by atoms with Crippen molar-refractivity contribution in [2.75, 3.05) is 24.7 Å². The van der Waals surface area contributed by atoms with E-state index in [1.165, 1.54) is 0 Å². The average molecular weight is 262 g/mol. The van der Waals surface area contributed by atoms with Gasteiger partial charge in [-0.3, -0.25) is 0 Å². The van der Waals surface area contributed by atoms with Crippen LogP contribution < -0.4 is 10.6 Å². The minimum Gasteiger partial charge on any atom is -0.464 e. The van der Waals surface area contributed by atoms with Gasteiger partial charge < -0.3 is 24.1 Å². The van der Waals surface area contributed by atoms with E-state index >= 15 is 0 Å². The van der Waals surface area contributed by atoms with Gasteiger partial charge in [-0.05, 0) is 19.1 Å². The summed E-state index contributed by atoms with van der Waals surface area (Å²) in [4.78, 5) is 6.55. The van der Waals surface area contributed by atoms with Gasteiger partial charge in [-0.2, -0.15) is 0 Å². The lowest BCUT2D eigenvalue weighted by molar-refractivity contribution is 0.0987. The average Bonchev–Trinajstić information content (AvgIpc) is 2.83. The van der Waals surface area contributed by atoms with Crippen LogP contribution in [0.2, 0.25) is 0 Å². The van der Waals surface area contributed by atoms with E-state index in [9.17, 15) is 10.0 Å². The third-order valence-electron chi connectivity index (χ3n) is 3.34. The van der Waals surface area contributed by atoms with E-state index in [1.54, 1.807) is 18.3 Å². The van der Waals surface area contributed by atoms with Crippen LogP contribution in [0.4, 0.5) is 5.82 Å².